The van der Waals surface area contributed by atoms with Gasteiger partial charge in [0, 0.05) is 43.4 Å². The lowest BCUT2D eigenvalue weighted by Crippen LogP contribution is -2.43. The van der Waals surface area contributed by atoms with Gasteiger partial charge in [0.2, 0.25) is 9.84 Å². The van der Waals surface area contributed by atoms with Crippen LogP contribution in [-0.2, 0) is 9.84 Å². The second-order valence-corrected chi connectivity index (χ2v) is 8.19. The molecule has 5 nitrogen and oxygen atoms in total. The summed E-state index contributed by atoms with van der Waals surface area (Å²) in [6.45, 7) is 3.67. The van der Waals surface area contributed by atoms with Crippen LogP contribution in [-0.4, -0.2) is 39.6 Å². The maximum atomic E-state index is 13.1. The highest BCUT2D eigenvalue weighted by molar-refractivity contribution is 7.91. The Morgan fingerprint density at radius 1 is 0.962 bits per heavy atom. The lowest BCUT2D eigenvalue weighted by Gasteiger charge is -2.29. The molecular weight excluding hydrogens is 353 g/mol. The Morgan fingerprint density at radius 2 is 1.69 bits per heavy atom. The highest BCUT2D eigenvalue weighted by atomic mass is 32.2. The number of pyridine rings is 1. The Kier molecular flexibility index (Phi) is 4.34. The third-order valence-electron chi connectivity index (χ3n) is 4.56. The SMILES string of the molecule is O=S(=O)(c1ccc(F)cc1)c1cnc2ccc(N3CCNCC3)cc2c1. The molecule has 0 atom stereocenters. The molecule has 1 aromatic heterocycles. The number of hydrogen-bond donors (Lipinski definition) is 1. The molecule has 0 saturated carbocycles. The van der Waals surface area contributed by atoms with Gasteiger partial charge in [0.05, 0.1) is 15.3 Å². The number of benzene rings is 2. The first-order valence-electron chi connectivity index (χ1n) is 8.40. The first-order chi connectivity index (χ1) is 12.5. The van der Waals surface area contributed by atoms with E-state index in [4.69, 9.17) is 0 Å². The first kappa shape index (κ1) is 16.9. The zero-order valence-electron chi connectivity index (χ0n) is 14.0. The average Bonchev–Trinajstić information content (AvgIpc) is 2.68. The highest BCUT2D eigenvalue weighted by Gasteiger charge is 2.19. The minimum Gasteiger partial charge on any atom is -0.369 e. The van der Waals surface area contributed by atoms with Crippen LogP contribution in [0.25, 0.3) is 10.9 Å². The molecule has 0 bridgehead atoms. The van der Waals surface area contributed by atoms with Gasteiger partial charge in [0.15, 0.2) is 0 Å². The zero-order valence-corrected chi connectivity index (χ0v) is 14.8. The molecule has 0 spiro atoms. The first-order valence-corrected chi connectivity index (χ1v) is 9.88. The van der Waals surface area contributed by atoms with Gasteiger partial charge >= 0.3 is 0 Å². The summed E-state index contributed by atoms with van der Waals surface area (Å²) in [6.07, 6.45) is 1.35. The summed E-state index contributed by atoms with van der Waals surface area (Å²) in [4.78, 5) is 6.71. The fourth-order valence-corrected chi connectivity index (χ4v) is 4.36. The summed E-state index contributed by atoms with van der Waals surface area (Å²) in [5, 5.41) is 4.08. The molecule has 0 aliphatic carbocycles. The molecule has 1 aliphatic rings. The largest absolute Gasteiger partial charge is 0.369 e. The van der Waals surface area contributed by atoms with Crippen molar-refractivity contribution in [3.05, 3.63) is 60.5 Å². The van der Waals surface area contributed by atoms with Crippen molar-refractivity contribution in [2.45, 2.75) is 9.79 Å². The number of nitrogens with zero attached hydrogens (tertiary/aromatic N) is 2. The normalized spacial score (nSPS) is 15.3. The number of piperazine rings is 1. The summed E-state index contributed by atoms with van der Waals surface area (Å²) in [7, 11) is -3.74. The van der Waals surface area contributed by atoms with Gasteiger partial charge in [-0.25, -0.2) is 12.8 Å². The van der Waals surface area contributed by atoms with Gasteiger partial charge < -0.3 is 10.2 Å². The van der Waals surface area contributed by atoms with E-state index >= 15 is 0 Å². The van der Waals surface area contributed by atoms with E-state index in [0.717, 1.165) is 54.9 Å². The number of nitrogens with one attached hydrogen (secondary N) is 1. The van der Waals surface area contributed by atoms with E-state index in [1.54, 1.807) is 6.07 Å². The fourth-order valence-electron chi connectivity index (χ4n) is 3.12. The average molecular weight is 371 g/mol. The topological polar surface area (TPSA) is 62.3 Å². The maximum absolute atomic E-state index is 13.1. The molecule has 7 heteroatoms. The van der Waals surface area contributed by atoms with Gasteiger partial charge in [-0.15, -0.1) is 0 Å². The molecule has 0 radical (unpaired) electrons. The number of anilines is 1. The molecule has 0 amide bonds. The van der Waals surface area contributed by atoms with Crippen molar-refractivity contribution in [1.29, 1.82) is 0 Å². The molecule has 2 heterocycles. The molecule has 2 aromatic carbocycles. The van der Waals surface area contributed by atoms with Crippen LogP contribution < -0.4 is 10.2 Å². The summed E-state index contributed by atoms with van der Waals surface area (Å²) < 4.78 is 38.7. The fraction of sp³-hybridized carbons (Fsp3) is 0.211. The van der Waals surface area contributed by atoms with Gasteiger partial charge in [-0.3, -0.25) is 4.98 Å². The summed E-state index contributed by atoms with van der Waals surface area (Å²) in [5.74, 6) is -0.471. The standard InChI is InChI=1S/C19H18FN3O2S/c20-15-1-4-17(5-2-15)26(24,25)18-12-14-11-16(3-6-19(14)22-13-18)23-9-7-21-8-10-23/h1-6,11-13,21H,7-10H2. The molecule has 1 N–H and O–H groups in total. The minimum atomic E-state index is -3.74. The van der Waals surface area contributed by atoms with Gasteiger partial charge in [0.25, 0.3) is 0 Å². The van der Waals surface area contributed by atoms with Crippen LogP contribution in [0.15, 0.2) is 64.5 Å². The molecule has 26 heavy (non-hydrogen) atoms. The molecule has 4 rings (SSSR count). The molecule has 1 fully saturated rings. The molecular formula is C19H18FN3O2S. The lowest BCUT2D eigenvalue weighted by molar-refractivity contribution is 0.589. The van der Waals surface area contributed by atoms with Gasteiger partial charge in [0.1, 0.15) is 5.82 Å². The second-order valence-electron chi connectivity index (χ2n) is 6.24. The Morgan fingerprint density at radius 3 is 2.42 bits per heavy atom. The van der Waals surface area contributed by atoms with E-state index in [-0.39, 0.29) is 9.79 Å². The second kappa shape index (κ2) is 6.66. The quantitative estimate of drug-likeness (QED) is 0.717. The van der Waals surface area contributed by atoms with Crippen LogP contribution in [0.2, 0.25) is 0 Å². The minimum absolute atomic E-state index is 0.0540. The maximum Gasteiger partial charge on any atom is 0.208 e. The van der Waals surface area contributed by atoms with E-state index in [1.165, 1.54) is 18.3 Å². The van der Waals surface area contributed by atoms with E-state index in [2.05, 4.69) is 15.2 Å². The van der Waals surface area contributed by atoms with Crippen molar-refractivity contribution in [2.75, 3.05) is 31.1 Å². The molecule has 1 aliphatic heterocycles. The van der Waals surface area contributed by atoms with Crippen molar-refractivity contribution in [3.63, 3.8) is 0 Å². The van der Waals surface area contributed by atoms with Crippen LogP contribution in [0.3, 0.4) is 0 Å². The Bertz CT molecular complexity index is 1050. The monoisotopic (exact) mass is 371 g/mol. The van der Waals surface area contributed by atoms with Crippen LogP contribution in [0.1, 0.15) is 0 Å². The van der Waals surface area contributed by atoms with Crippen molar-refractivity contribution >= 4 is 26.4 Å². The van der Waals surface area contributed by atoms with Crippen LogP contribution >= 0.6 is 0 Å². The van der Waals surface area contributed by atoms with Crippen molar-refractivity contribution < 1.29 is 12.8 Å². The smallest absolute Gasteiger partial charge is 0.208 e. The van der Waals surface area contributed by atoms with Crippen LogP contribution in [0.4, 0.5) is 10.1 Å². The molecule has 0 unspecified atom stereocenters. The van der Waals surface area contributed by atoms with Crippen LogP contribution in [0, 0.1) is 5.82 Å². The number of hydrogen-bond acceptors (Lipinski definition) is 5. The zero-order chi connectivity index (χ0) is 18.1. The Balaban J connectivity index is 1.75. The van der Waals surface area contributed by atoms with E-state index < -0.39 is 15.7 Å². The van der Waals surface area contributed by atoms with Crippen molar-refractivity contribution in [3.8, 4) is 0 Å². The summed E-state index contributed by atoms with van der Waals surface area (Å²) in [5.41, 5.74) is 1.79. The summed E-state index contributed by atoms with van der Waals surface area (Å²) >= 11 is 0. The lowest BCUT2D eigenvalue weighted by atomic mass is 10.1. The number of rotatable bonds is 3. The third-order valence-corrected chi connectivity index (χ3v) is 6.29. The predicted molar refractivity (Wildman–Crippen MR) is 98.7 cm³/mol. The highest BCUT2D eigenvalue weighted by Crippen LogP contribution is 2.26. The predicted octanol–water partition coefficient (Wildman–Crippen LogP) is 2.62. The van der Waals surface area contributed by atoms with Crippen LogP contribution in [0.5, 0.6) is 0 Å². The van der Waals surface area contributed by atoms with E-state index in [1.807, 2.05) is 18.2 Å². The van der Waals surface area contributed by atoms with Gasteiger partial charge in [-0.2, -0.15) is 0 Å². The molecule has 3 aromatic rings. The van der Waals surface area contributed by atoms with Gasteiger partial charge in [-0.1, -0.05) is 0 Å². The number of halogens is 1. The van der Waals surface area contributed by atoms with E-state index in [0.29, 0.717) is 0 Å². The van der Waals surface area contributed by atoms with Crippen molar-refractivity contribution in [2.24, 2.45) is 0 Å². The number of sulfone groups is 1. The third kappa shape index (κ3) is 3.15. The van der Waals surface area contributed by atoms with E-state index in [9.17, 15) is 12.8 Å². The van der Waals surface area contributed by atoms with Gasteiger partial charge in [-0.05, 0) is 48.5 Å². The number of aromatic nitrogens is 1. The molecule has 1 saturated heterocycles. The number of fused-ring (bicyclic) bond motifs is 1. The van der Waals surface area contributed by atoms with Crippen molar-refractivity contribution in [1.82, 2.24) is 10.3 Å². The Hall–Kier alpha value is -2.51. The summed E-state index contributed by atoms with van der Waals surface area (Å²) in [6, 6.07) is 12.3. The Labute approximate surface area is 151 Å². The molecule has 134 valence electrons.